The minimum Gasteiger partial charge on any atom is -0.478 e. The van der Waals surface area contributed by atoms with E-state index in [0.717, 1.165) is 24.3 Å². The first kappa shape index (κ1) is 13.2. The Bertz CT molecular complexity index is 434. The summed E-state index contributed by atoms with van der Waals surface area (Å²) >= 11 is 0. The molecule has 1 aromatic carbocycles. The molecule has 17 heavy (non-hydrogen) atoms. The van der Waals surface area contributed by atoms with Gasteiger partial charge in [0.25, 0.3) is 0 Å². The first-order chi connectivity index (χ1) is 7.73. The number of halogens is 3. The molecule has 6 heteroatoms. The predicted molar refractivity (Wildman–Crippen MR) is 53.2 cm³/mol. The largest absolute Gasteiger partial charge is 0.478 e. The Hall–Kier alpha value is -1.82. The Kier molecular flexibility index (Phi) is 3.57. The summed E-state index contributed by atoms with van der Waals surface area (Å²) in [6.45, 7) is 3.13. The monoisotopic (exact) mass is 246 g/mol. The van der Waals surface area contributed by atoms with Gasteiger partial charge >= 0.3 is 12.1 Å². The van der Waals surface area contributed by atoms with E-state index in [1.165, 1.54) is 0 Å². The fraction of sp³-hybridized carbons (Fsp3) is 0.182. The van der Waals surface area contributed by atoms with Gasteiger partial charge in [0.15, 0.2) is 0 Å². The third-order valence-corrected chi connectivity index (χ3v) is 2.16. The molecule has 92 valence electrons. The Balaban J connectivity index is 2.96. The highest BCUT2D eigenvalue weighted by molar-refractivity contribution is 5.87. The van der Waals surface area contributed by atoms with Crippen LogP contribution in [-0.2, 0) is 11.0 Å². The van der Waals surface area contributed by atoms with Gasteiger partial charge in [0.1, 0.15) is 6.10 Å². The molecule has 0 heterocycles. The van der Waals surface area contributed by atoms with Crippen LogP contribution in [0.5, 0.6) is 0 Å². The number of hydrogen-bond acceptors (Lipinski definition) is 2. The van der Waals surface area contributed by atoms with Gasteiger partial charge in [-0.25, -0.2) is 4.79 Å². The quantitative estimate of drug-likeness (QED) is 0.805. The third kappa shape index (κ3) is 3.07. The van der Waals surface area contributed by atoms with Gasteiger partial charge in [0.05, 0.1) is 11.1 Å². The maximum Gasteiger partial charge on any atom is 0.416 e. The summed E-state index contributed by atoms with van der Waals surface area (Å²) in [5, 5.41) is 18.0. The van der Waals surface area contributed by atoms with Crippen LogP contribution in [0.3, 0.4) is 0 Å². The minimum atomic E-state index is -4.46. The molecule has 1 aromatic rings. The molecule has 0 fully saturated rings. The van der Waals surface area contributed by atoms with Gasteiger partial charge in [-0.05, 0) is 17.7 Å². The average Bonchev–Trinajstić information content (AvgIpc) is 2.26. The van der Waals surface area contributed by atoms with Gasteiger partial charge in [-0.1, -0.05) is 18.7 Å². The standard InChI is InChI=1S/C11H9F3O3/c1-6(10(16)17)9(15)7-2-4-8(5-3-7)11(12,13)14/h2-5,9,15H,1H2,(H,16,17)/t9-/m0/s1. The van der Waals surface area contributed by atoms with Crippen molar-refractivity contribution >= 4 is 5.97 Å². The highest BCUT2D eigenvalue weighted by atomic mass is 19.4. The molecule has 0 aliphatic carbocycles. The molecule has 0 radical (unpaired) electrons. The van der Waals surface area contributed by atoms with Crippen molar-refractivity contribution in [1.29, 1.82) is 0 Å². The van der Waals surface area contributed by atoms with E-state index in [1.807, 2.05) is 0 Å². The lowest BCUT2D eigenvalue weighted by Gasteiger charge is -2.12. The van der Waals surface area contributed by atoms with Crippen molar-refractivity contribution in [2.45, 2.75) is 12.3 Å². The lowest BCUT2D eigenvalue weighted by atomic mass is 10.0. The number of carbonyl (C=O) groups is 1. The summed E-state index contributed by atoms with van der Waals surface area (Å²) in [7, 11) is 0. The van der Waals surface area contributed by atoms with Crippen molar-refractivity contribution in [2.75, 3.05) is 0 Å². The second kappa shape index (κ2) is 4.58. The van der Waals surface area contributed by atoms with E-state index >= 15 is 0 Å². The maximum atomic E-state index is 12.2. The van der Waals surface area contributed by atoms with Gasteiger partial charge in [-0.15, -0.1) is 0 Å². The molecule has 2 N–H and O–H groups in total. The molecule has 0 aromatic heterocycles. The van der Waals surface area contributed by atoms with Gasteiger partial charge in [0.2, 0.25) is 0 Å². The molecule has 1 atom stereocenters. The molecule has 0 aliphatic rings. The normalized spacial score (nSPS) is 13.2. The molecule has 0 saturated carbocycles. The second-order valence-electron chi connectivity index (χ2n) is 3.35. The van der Waals surface area contributed by atoms with E-state index in [4.69, 9.17) is 5.11 Å². The smallest absolute Gasteiger partial charge is 0.416 e. The molecule has 3 nitrogen and oxygen atoms in total. The van der Waals surface area contributed by atoms with Crippen molar-refractivity contribution in [3.8, 4) is 0 Å². The zero-order chi connectivity index (χ0) is 13.2. The maximum absolute atomic E-state index is 12.2. The number of carboxylic acid groups (broad SMARTS) is 1. The molecular formula is C11H9F3O3. The summed E-state index contributed by atoms with van der Waals surface area (Å²) in [4.78, 5) is 10.5. The number of rotatable bonds is 3. The van der Waals surface area contributed by atoms with Crippen LogP contribution in [0.1, 0.15) is 17.2 Å². The number of alkyl halides is 3. The van der Waals surface area contributed by atoms with Gasteiger partial charge < -0.3 is 10.2 Å². The molecule has 0 bridgehead atoms. The summed E-state index contributed by atoms with van der Waals surface area (Å²) in [5.74, 6) is -1.41. The molecule has 0 aliphatic heterocycles. The Labute approximate surface area is 94.8 Å². The van der Waals surface area contributed by atoms with Crippen molar-refractivity contribution < 1.29 is 28.2 Å². The van der Waals surface area contributed by atoms with E-state index in [9.17, 15) is 23.1 Å². The zero-order valence-electron chi connectivity index (χ0n) is 8.53. The van der Waals surface area contributed by atoms with Crippen molar-refractivity contribution in [1.82, 2.24) is 0 Å². The van der Waals surface area contributed by atoms with E-state index < -0.39 is 29.4 Å². The Morgan fingerprint density at radius 1 is 1.24 bits per heavy atom. The number of hydrogen-bond donors (Lipinski definition) is 2. The van der Waals surface area contributed by atoms with Crippen LogP contribution in [-0.4, -0.2) is 16.2 Å². The second-order valence-corrected chi connectivity index (χ2v) is 3.35. The van der Waals surface area contributed by atoms with E-state index in [-0.39, 0.29) is 5.56 Å². The Morgan fingerprint density at radius 2 is 1.71 bits per heavy atom. The number of aliphatic carboxylic acids is 1. The average molecular weight is 246 g/mol. The minimum absolute atomic E-state index is 0.0467. The van der Waals surface area contributed by atoms with Crippen molar-refractivity contribution in [3.63, 3.8) is 0 Å². The van der Waals surface area contributed by atoms with E-state index in [2.05, 4.69) is 6.58 Å². The molecular weight excluding hydrogens is 237 g/mol. The molecule has 1 rings (SSSR count). The lowest BCUT2D eigenvalue weighted by molar-refractivity contribution is -0.137. The van der Waals surface area contributed by atoms with Crippen LogP contribution in [0.2, 0.25) is 0 Å². The summed E-state index contributed by atoms with van der Waals surface area (Å²) in [5.41, 5.74) is -1.32. The van der Waals surface area contributed by atoms with Gasteiger partial charge in [0, 0.05) is 0 Å². The highest BCUT2D eigenvalue weighted by Gasteiger charge is 2.30. The number of aliphatic hydroxyl groups excluding tert-OH is 1. The van der Waals surface area contributed by atoms with Crippen LogP contribution >= 0.6 is 0 Å². The van der Waals surface area contributed by atoms with Crippen LogP contribution in [0.25, 0.3) is 0 Å². The summed E-state index contributed by atoms with van der Waals surface area (Å²) in [6, 6.07) is 3.57. The topological polar surface area (TPSA) is 57.5 Å². The molecule has 0 spiro atoms. The summed E-state index contributed by atoms with van der Waals surface area (Å²) in [6.07, 6.45) is -5.98. The number of aliphatic hydroxyl groups is 1. The molecule has 0 unspecified atom stereocenters. The zero-order valence-corrected chi connectivity index (χ0v) is 8.53. The van der Waals surface area contributed by atoms with Crippen molar-refractivity contribution in [2.24, 2.45) is 0 Å². The molecule has 0 amide bonds. The fourth-order valence-electron chi connectivity index (χ4n) is 1.17. The van der Waals surface area contributed by atoms with Crippen LogP contribution in [0.15, 0.2) is 36.4 Å². The predicted octanol–water partition coefficient (Wildman–Crippen LogP) is 2.38. The van der Waals surface area contributed by atoms with Gasteiger partial charge in [-0.2, -0.15) is 13.2 Å². The van der Waals surface area contributed by atoms with Crippen LogP contribution in [0, 0.1) is 0 Å². The number of carboxylic acids is 1. The first-order valence-corrected chi connectivity index (χ1v) is 4.51. The Morgan fingerprint density at radius 3 is 2.06 bits per heavy atom. The SMILES string of the molecule is C=C(C(=O)O)[C@H](O)c1ccc(C(F)(F)F)cc1. The lowest BCUT2D eigenvalue weighted by Crippen LogP contribution is -2.10. The third-order valence-electron chi connectivity index (χ3n) is 2.16. The van der Waals surface area contributed by atoms with E-state index in [0.29, 0.717) is 0 Å². The van der Waals surface area contributed by atoms with E-state index in [1.54, 1.807) is 0 Å². The highest BCUT2D eigenvalue weighted by Crippen LogP contribution is 2.30. The fourth-order valence-corrected chi connectivity index (χ4v) is 1.17. The van der Waals surface area contributed by atoms with Crippen molar-refractivity contribution in [3.05, 3.63) is 47.5 Å². The number of benzene rings is 1. The van der Waals surface area contributed by atoms with Crippen LogP contribution < -0.4 is 0 Å². The van der Waals surface area contributed by atoms with Crippen LogP contribution in [0.4, 0.5) is 13.2 Å². The summed E-state index contributed by atoms with van der Waals surface area (Å²) < 4.78 is 36.7. The van der Waals surface area contributed by atoms with Gasteiger partial charge in [-0.3, -0.25) is 0 Å². The first-order valence-electron chi connectivity index (χ1n) is 4.51. The molecule has 0 saturated heterocycles.